The largest absolute Gasteiger partial charge is 0.310 e. The lowest BCUT2D eigenvalue weighted by Gasteiger charge is -2.33. The van der Waals surface area contributed by atoms with E-state index < -0.39 is 5.41 Å². The van der Waals surface area contributed by atoms with Gasteiger partial charge in [0.2, 0.25) is 0 Å². The lowest BCUT2D eigenvalue weighted by molar-refractivity contribution is 0.660. The van der Waals surface area contributed by atoms with E-state index in [1.165, 1.54) is 99.8 Å². The van der Waals surface area contributed by atoms with Crippen LogP contribution in [0.5, 0.6) is 0 Å². The van der Waals surface area contributed by atoms with E-state index in [2.05, 4.69) is 243 Å². The van der Waals surface area contributed by atoms with Crippen LogP contribution in [0.15, 0.2) is 224 Å². The van der Waals surface area contributed by atoms with Crippen LogP contribution < -0.4 is 4.90 Å². The number of hydrogen-bond donors (Lipinski definition) is 0. The second kappa shape index (κ2) is 13.4. The molecular formula is C62H43N. The minimum atomic E-state index is -0.440. The van der Waals surface area contributed by atoms with Crippen LogP contribution in [0.1, 0.15) is 47.2 Å². The van der Waals surface area contributed by atoms with E-state index in [1.54, 1.807) is 0 Å². The van der Waals surface area contributed by atoms with E-state index in [9.17, 15) is 0 Å². The number of fused-ring (bicyclic) bond motifs is 14. The van der Waals surface area contributed by atoms with Gasteiger partial charge in [-0.25, -0.2) is 0 Å². The molecule has 0 fully saturated rings. The fourth-order valence-corrected chi connectivity index (χ4v) is 11.6. The molecule has 1 nitrogen and oxygen atoms in total. The molecule has 1 heteroatoms. The summed E-state index contributed by atoms with van der Waals surface area (Å²) < 4.78 is 0. The molecule has 3 aliphatic rings. The first-order chi connectivity index (χ1) is 31.0. The van der Waals surface area contributed by atoms with Crippen LogP contribution in [-0.2, 0) is 10.8 Å². The summed E-state index contributed by atoms with van der Waals surface area (Å²) in [5.41, 5.74) is 23.6. The molecule has 0 amide bonds. The molecule has 0 unspecified atom stereocenters. The summed E-state index contributed by atoms with van der Waals surface area (Å²) in [5.74, 6) is 0. The number of nitrogens with zero attached hydrogens (tertiary/aromatic N) is 1. The molecule has 1 spiro atoms. The molecule has 0 radical (unpaired) electrons. The quantitative estimate of drug-likeness (QED) is 0.168. The second-order valence-corrected chi connectivity index (χ2v) is 18.0. The maximum Gasteiger partial charge on any atom is 0.0726 e. The molecule has 0 bridgehead atoms. The minimum absolute atomic E-state index is 0.223. The molecule has 63 heavy (non-hydrogen) atoms. The SMILES string of the molecule is CC1(C)c2cc(-c3ccc4ccccc4c3)ccc2-c2ccc(N(c3ccc4c(c3)C3(c5ccccc5-c5ccccc53)c3ccccc3-4)c3ccccc3-c3ccccc3)cc21. The lowest BCUT2D eigenvalue weighted by Crippen LogP contribution is -2.26. The van der Waals surface area contributed by atoms with Crippen LogP contribution in [-0.4, -0.2) is 0 Å². The molecule has 10 aromatic carbocycles. The highest BCUT2D eigenvalue weighted by molar-refractivity contribution is 5.98. The highest BCUT2D eigenvalue weighted by Gasteiger charge is 2.51. The van der Waals surface area contributed by atoms with E-state index in [1.807, 2.05) is 0 Å². The fraction of sp³-hybridized carbons (Fsp3) is 0.0645. The third kappa shape index (κ3) is 5.05. The summed E-state index contributed by atoms with van der Waals surface area (Å²) in [5, 5.41) is 2.53. The minimum Gasteiger partial charge on any atom is -0.310 e. The van der Waals surface area contributed by atoms with Gasteiger partial charge in [-0.05, 0) is 137 Å². The summed E-state index contributed by atoms with van der Waals surface area (Å²) >= 11 is 0. The maximum absolute atomic E-state index is 2.52. The summed E-state index contributed by atoms with van der Waals surface area (Å²) in [7, 11) is 0. The predicted molar refractivity (Wildman–Crippen MR) is 263 cm³/mol. The molecule has 296 valence electrons. The van der Waals surface area contributed by atoms with Gasteiger partial charge >= 0.3 is 0 Å². The van der Waals surface area contributed by atoms with Crippen molar-refractivity contribution in [1.29, 1.82) is 0 Å². The Morgan fingerprint density at radius 2 is 0.730 bits per heavy atom. The molecule has 3 aliphatic carbocycles. The first kappa shape index (κ1) is 36.0. The molecule has 0 aromatic heterocycles. The van der Waals surface area contributed by atoms with Crippen molar-refractivity contribution in [3.8, 4) is 55.6 Å². The zero-order valence-electron chi connectivity index (χ0n) is 35.3. The highest BCUT2D eigenvalue weighted by atomic mass is 15.1. The van der Waals surface area contributed by atoms with Gasteiger partial charge in [-0.3, -0.25) is 0 Å². The van der Waals surface area contributed by atoms with Gasteiger partial charge in [-0.15, -0.1) is 0 Å². The number of hydrogen-bond acceptors (Lipinski definition) is 1. The number of benzene rings is 10. The summed E-state index contributed by atoms with van der Waals surface area (Å²) in [6.07, 6.45) is 0. The van der Waals surface area contributed by atoms with E-state index in [-0.39, 0.29) is 5.41 Å². The van der Waals surface area contributed by atoms with Gasteiger partial charge in [0.1, 0.15) is 0 Å². The van der Waals surface area contributed by atoms with Crippen molar-refractivity contribution in [2.75, 3.05) is 4.90 Å². The average Bonchev–Trinajstić information content (AvgIpc) is 3.90. The summed E-state index contributed by atoms with van der Waals surface area (Å²) in [6.45, 7) is 4.80. The van der Waals surface area contributed by atoms with Gasteiger partial charge in [0.05, 0.1) is 11.1 Å². The van der Waals surface area contributed by atoms with Crippen molar-refractivity contribution in [3.63, 3.8) is 0 Å². The normalized spacial score (nSPS) is 14.1. The Bertz CT molecular complexity index is 3430. The molecule has 0 saturated carbocycles. The maximum atomic E-state index is 2.52. The Morgan fingerprint density at radius 1 is 0.286 bits per heavy atom. The second-order valence-electron chi connectivity index (χ2n) is 18.0. The van der Waals surface area contributed by atoms with Crippen molar-refractivity contribution in [1.82, 2.24) is 0 Å². The molecule has 10 aromatic rings. The fourth-order valence-electron chi connectivity index (χ4n) is 11.6. The van der Waals surface area contributed by atoms with Crippen molar-refractivity contribution in [3.05, 3.63) is 258 Å². The van der Waals surface area contributed by atoms with Gasteiger partial charge in [-0.1, -0.05) is 196 Å². The third-order valence-electron chi connectivity index (χ3n) is 14.5. The van der Waals surface area contributed by atoms with E-state index in [0.29, 0.717) is 0 Å². The van der Waals surface area contributed by atoms with Gasteiger partial charge in [-0.2, -0.15) is 0 Å². The number of anilines is 3. The van der Waals surface area contributed by atoms with Crippen molar-refractivity contribution in [2.45, 2.75) is 24.7 Å². The van der Waals surface area contributed by atoms with Gasteiger partial charge in [0.15, 0.2) is 0 Å². The molecule has 0 N–H and O–H groups in total. The van der Waals surface area contributed by atoms with Crippen LogP contribution >= 0.6 is 0 Å². The van der Waals surface area contributed by atoms with E-state index in [4.69, 9.17) is 0 Å². The topological polar surface area (TPSA) is 3.24 Å². The summed E-state index contributed by atoms with van der Waals surface area (Å²) in [4.78, 5) is 2.52. The monoisotopic (exact) mass is 801 g/mol. The Morgan fingerprint density at radius 3 is 1.38 bits per heavy atom. The van der Waals surface area contributed by atoms with Crippen molar-refractivity contribution >= 4 is 27.8 Å². The number of rotatable bonds is 5. The zero-order chi connectivity index (χ0) is 41.9. The molecule has 0 saturated heterocycles. The molecule has 13 rings (SSSR count). The lowest BCUT2D eigenvalue weighted by atomic mass is 9.70. The van der Waals surface area contributed by atoms with Crippen LogP contribution in [0.25, 0.3) is 66.4 Å². The molecule has 0 heterocycles. The first-order valence-electron chi connectivity index (χ1n) is 22.2. The third-order valence-corrected chi connectivity index (χ3v) is 14.5. The van der Waals surface area contributed by atoms with Crippen LogP contribution in [0.4, 0.5) is 17.1 Å². The van der Waals surface area contributed by atoms with Crippen molar-refractivity contribution < 1.29 is 0 Å². The van der Waals surface area contributed by atoms with E-state index in [0.717, 1.165) is 17.1 Å². The molecule has 0 atom stereocenters. The van der Waals surface area contributed by atoms with Crippen molar-refractivity contribution in [2.24, 2.45) is 0 Å². The van der Waals surface area contributed by atoms with Gasteiger partial charge in [0.25, 0.3) is 0 Å². The average molecular weight is 802 g/mol. The molecular weight excluding hydrogens is 759 g/mol. The zero-order valence-corrected chi connectivity index (χ0v) is 35.3. The first-order valence-corrected chi connectivity index (χ1v) is 22.2. The Labute approximate surface area is 369 Å². The van der Waals surface area contributed by atoms with Gasteiger partial charge < -0.3 is 4.90 Å². The Hall–Kier alpha value is -7.74. The van der Waals surface area contributed by atoms with Crippen LogP contribution in [0, 0.1) is 0 Å². The Balaban J connectivity index is 1.02. The van der Waals surface area contributed by atoms with Gasteiger partial charge in [0, 0.05) is 22.4 Å². The summed E-state index contributed by atoms with van der Waals surface area (Å²) in [6, 6.07) is 84.0. The van der Waals surface area contributed by atoms with E-state index >= 15 is 0 Å². The standard InChI is InChI=1S/C62H43N/c1-61(2)57-37-44(43-29-28-40-16-6-7-19-42(40)36-43)30-33-51(57)52-34-31-45(38-58(52)61)63(60-27-15-11-20-47(60)41-17-4-3-5-18-41)46-32-35-53-50-23-10-14-26-56(50)62(59(53)39-46)54-24-12-8-21-48(54)49-22-9-13-25-55(49)62/h3-39H,1-2H3. The smallest absolute Gasteiger partial charge is 0.0726 e. The number of para-hydroxylation sites is 1. The highest BCUT2D eigenvalue weighted by Crippen LogP contribution is 2.63. The van der Waals surface area contributed by atoms with Crippen LogP contribution in [0.2, 0.25) is 0 Å². The Kier molecular flexibility index (Phi) is 7.64. The van der Waals surface area contributed by atoms with Crippen LogP contribution in [0.3, 0.4) is 0 Å². The molecule has 0 aliphatic heterocycles. The predicted octanol–water partition coefficient (Wildman–Crippen LogP) is 16.3.